The highest BCUT2D eigenvalue weighted by atomic mass is 15.1. The number of anilines is 1. The molecule has 126 valence electrons. The topological polar surface area (TPSA) is 39.1 Å². The number of nitrogens with one attached hydrogen (secondary N) is 1. The summed E-state index contributed by atoms with van der Waals surface area (Å²) in [5, 5.41) is 12.2. The summed E-state index contributed by atoms with van der Waals surface area (Å²) >= 11 is 0. The molecule has 0 saturated heterocycles. The molecule has 0 aliphatic rings. The van der Waals surface area contributed by atoms with Gasteiger partial charge in [-0.1, -0.05) is 56.3 Å². The Labute approximate surface area is 145 Å². The molecule has 0 spiro atoms. The minimum Gasteiger partial charge on any atom is -0.374 e. The molecule has 0 fully saturated rings. The second-order valence-electron chi connectivity index (χ2n) is 6.85. The predicted octanol–water partition coefficient (Wildman–Crippen LogP) is 4.10. The molecule has 1 N–H and O–H groups in total. The summed E-state index contributed by atoms with van der Waals surface area (Å²) in [6.07, 6.45) is 0.550. The summed E-state index contributed by atoms with van der Waals surface area (Å²) in [6, 6.07) is 21.4. The zero-order chi connectivity index (χ0) is 17.4. The molecule has 0 radical (unpaired) electrons. The maximum absolute atomic E-state index is 8.67. The summed E-state index contributed by atoms with van der Waals surface area (Å²) in [5.41, 5.74) is 3.89. The maximum atomic E-state index is 8.67. The molecule has 0 aliphatic carbocycles. The standard InChI is InChI=1S/C21H27N3/c1-21(2,19-8-5-4-6-9-19)17-23-16-18-10-12-20(13-11-18)24(3)15-7-14-22/h4-6,8-13,23H,7,15-17H2,1-3H3. The third-order valence-electron chi connectivity index (χ3n) is 4.39. The molecule has 0 saturated carbocycles. The Bertz CT molecular complexity index is 654. The van der Waals surface area contributed by atoms with Gasteiger partial charge < -0.3 is 10.2 Å². The van der Waals surface area contributed by atoms with Crippen molar-refractivity contribution in [2.24, 2.45) is 0 Å². The summed E-state index contributed by atoms with van der Waals surface area (Å²) in [6.45, 7) is 7.09. The van der Waals surface area contributed by atoms with Crippen molar-refractivity contribution in [1.29, 1.82) is 5.26 Å². The van der Waals surface area contributed by atoms with Gasteiger partial charge in [0.05, 0.1) is 12.5 Å². The van der Waals surface area contributed by atoms with E-state index in [9.17, 15) is 0 Å². The highest BCUT2D eigenvalue weighted by Crippen LogP contribution is 2.22. The van der Waals surface area contributed by atoms with Gasteiger partial charge in [-0.2, -0.15) is 5.26 Å². The average molecular weight is 321 g/mol. The molecule has 0 bridgehead atoms. The normalized spacial score (nSPS) is 11.1. The lowest BCUT2D eigenvalue weighted by Crippen LogP contribution is -2.32. The quantitative estimate of drug-likeness (QED) is 0.795. The van der Waals surface area contributed by atoms with Crippen LogP contribution in [0.1, 0.15) is 31.4 Å². The lowest BCUT2D eigenvalue weighted by atomic mass is 9.84. The van der Waals surface area contributed by atoms with E-state index in [4.69, 9.17) is 5.26 Å². The Morgan fingerprint density at radius 2 is 1.71 bits per heavy atom. The minimum atomic E-state index is 0.110. The highest BCUT2D eigenvalue weighted by molar-refractivity contribution is 5.46. The summed E-state index contributed by atoms with van der Waals surface area (Å²) in [5.74, 6) is 0. The van der Waals surface area contributed by atoms with Crippen LogP contribution in [0.3, 0.4) is 0 Å². The van der Waals surface area contributed by atoms with Gasteiger partial charge in [-0.05, 0) is 23.3 Å². The molecule has 0 amide bonds. The molecular formula is C21H27N3. The Kier molecular flexibility index (Phi) is 6.40. The Hall–Kier alpha value is -2.31. The van der Waals surface area contributed by atoms with Crippen LogP contribution in [0, 0.1) is 11.3 Å². The number of hydrogen-bond donors (Lipinski definition) is 1. The number of hydrogen-bond acceptors (Lipinski definition) is 3. The van der Waals surface area contributed by atoms with Crippen LogP contribution in [0.4, 0.5) is 5.69 Å². The molecule has 0 heterocycles. The molecular weight excluding hydrogens is 294 g/mol. The van der Waals surface area contributed by atoms with E-state index in [0.717, 1.165) is 25.3 Å². The largest absolute Gasteiger partial charge is 0.374 e. The fraction of sp³-hybridized carbons (Fsp3) is 0.381. The molecule has 3 heteroatoms. The Morgan fingerprint density at radius 3 is 2.33 bits per heavy atom. The predicted molar refractivity (Wildman–Crippen MR) is 101 cm³/mol. The van der Waals surface area contributed by atoms with Gasteiger partial charge in [0.2, 0.25) is 0 Å². The van der Waals surface area contributed by atoms with Crippen molar-refractivity contribution in [2.75, 3.05) is 25.0 Å². The van der Waals surface area contributed by atoms with Gasteiger partial charge in [0.1, 0.15) is 0 Å². The van der Waals surface area contributed by atoms with Gasteiger partial charge in [-0.3, -0.25) is 0 Å². The van der Waals surface area contributed by atoms with Gasteiger partial charge in [0.25, 0.3) is 0 Å². The highest BCUT2D eigenvalue weighted by Gasteiger charge is 2.19. The molecule has 0 aromatic heterocycles. The lowest BCUT2D eigenvalue weighted by molar-refractivity contribution is 0.469. The average Bonchev–Trinajstić information content (AvgIpc) is 2.61. The van der Waals surface area contributed by atoms with Crippen molar-refractivity contribution >= 4 is 5.69 Å². The Balaban J connectivity index is 1.85. The molecule has 0 atom stereocenters. The lowest BCUT2D eigenvalue weighted by Gasteiger charge is -2.26. The van der Waals surface area contributed by atoms with Crippen molar-refractivity contribution in [3.63, 3.8) is 0 Å². The van der Waals surface area contributed by atoms with Crippen LogP contribution in [0.5, 0.6) is 0 Å². The smallest absolute Gasteiger partial charge is 0.0640 e. The fourth-order valence-corrected chi connectivity index (χ4v) is 2.73. The van der Waals surface area contributed by atoms with E-state index in [1.54, 1.807) is 0 Å². The first-order chi connectivity index (χ1) is 11.5. The van der Waals surface area contributed by atoms with E-state index >= 15 is 0 Å². The van der Waals surface area contributed by atoms with Crippen molar-refractivity contribution in [3.05, 3.63) is 65.7 Å². The first-order valence-electron chi connectivity index (χ1n) is 8.46. The third kappa shape index (κ3) is 5.11. The van der Waals surface area contributed by atoms with Crippen LogP contribution in [0.2, 0.25) is 0 Å². The molecule has 2 rings (SSSR count). The van der Waals surface area contributed by atoms with Crippen LogP contribution in [0.15, 0.2) is 54.6 Å². The van der Waals surface area contributed by atoms with Crippen molar-refractivity contribution in [3.8, 4) is 6.07 Å². The first kappa shape index (κ1) is 18.0. The van der Waals surface area contributed by atoms with E-state index in [0.29, 0.717) is 6.42 Å². The van der Waals surface area contributed by atoms with E-state index in [1.165, 1.54) is 11.1 Å². The SMILES string of the molecule is CN(CCC#N)c1ccc(CNCC(C)(C)c2ccccc2)cc1. The van der Waals surface area contributed by atoms with Gasteiger partial charge in [-0.25, -0.2) is 0 Å². The van der Waals surface area contributed by atoms with Crippen LogP contribution >= 0.6 is 0 Å². The fourth-order valence-electron chi connectivity index (χ4n) is 2.73. The van der Waals surface area contributed by atoms with Gasteiger partial charge in [-0.15, -0.1) is 0 Å². The minimum absolute atomic E-state index is 0.110. The van der Waals surface area contributed by atoms with E-state index in [-0.39, 0.29) is 5.41 Å². The first-order valence-corrected chi connectivity index (χ1v) is 8.46. The second kappa shape index (κ2) is 8.52. The Morgan fingerprint density at radius 1 is 1.04 bits per heavy atom. The molecule has 0 aliphatic heterocycles. The van der Waals surface area contributed by atoms with Gasteiger partial charge >= 0.3 is 0 Å². The monoisotopic (exact) mass is 321 g/mol. The van der Waals surface area contributed by atoms with Crippen molar-refractivity contribution in [2.45, 2.75) is 32.2 Å². The zero-order valence-electron chi connectivity index (χ0n) is 14.9. The number of rotatable bonds is 8. The molecule has 2 aromatic carbocycles. The van der Waals surface area contributed by atoms with E-state index in [1.807, 2.05) is 7.05 Å². The van der Waals surface area contributed by atoms with Gasteiger partial charge in [0, 0.05) is 37.8 Å². The zero-order valence-corrected chi connectivity index (χ0v) is 14.9. The summed E-state index contributed by atoms with van der Waals surface area (Å²) in [7, 11) is 2.02. The van der Waals surface area contributed by atoms with E-state index < -0.39 is 0 Å². The van der Waals surface area contributed by atoms with E-state index in [2.05, 4.69) is 84.7 Å². The van der Waals surface area contributed by atoms with Crippen molar-refractivity contribution in [1.82, 2.24) is 5.32 Å². The number of nitrogens with zero attached hydrogens (tertiary/aromatic N) is 2. The van der Waals surface area contributed by atoms with Gasteiger partial charge in [0.15, 0.2) is 0 Å². The molecule has 24 heavy (non-hydrogen) atoms. The maximum Gasteiger partial charge on any atom is 0.0640 e. The molecule has 0 unspecified atom stereocenters. The number of benzene rings is 2. The summed E-state index contributed by atoms with van der Waals surface area (Å²) < 4.78 is 0. The van der Waals surface area contributed by atoms with Crippen LogP contribution in [-0.4, -0.2) is 20.1 Å². The third-order valence-corrected chi connectivity index (χ3v) is 4.39. The van der Waals surface area contributed by atoms with Crippen LogP contribution in [-0.2, 0) is 12.0 Å². The molecule has 2 aromatic rings. The number of nitriles is 1. The van der Waals surface area contributed by atoms with Crippen molar-refractivity contribution < 1.29 is 0 Å². The second-order valence-corrected chi connectivity index (χ2v) is 6.85. The van der Waals surface area contributed by atoms with Crippen LogP contribution in [0.25, 0.3) is 0 Å². The molecule has 3 nitrogen and oxygen atoms in total. The van der Waals surface area contributed by atoms with Crippen LogP contribution < -0.4 is 10.2 Å². The summed E-state index contributed by atoms with van der Waals surface area (Å²) in [4.78, 5) is 2.11.